The van der Waals surface area contributed by atoms with Crippen LogP contribution < -0.4 is 10.1 Å². The molecular weight excluding hydrogens is 398 g/mol. The summed E-state index contributed by atoms with van der Waals surface area (Å²) in [6, 6.07) is 14.2. The fraction of sp³-hybridized carbons (Fsp3) is 0.480. The first kappa shape index (κ1) is 21.4. The van der Waals surface area contributed by atoms with Crippen LogP contribution in [0.25, 0.3) is 0 Å². The Labute approximate surface area is 183 Å². The molecule has 2 unspecified atom stereocenters. The Morgan fingerprint density at radius 1 is 1.23 bits per heavy atom. The molecule has 1 spiro atoms. The highest BCUT2D eigenvalue weighted by atomic mass is 35.5. The van der Waals surface area contributed by atoms with Gasteiger partial charge in [0.15, 0.2) is 0 Å². The summed E-state index contributed by atoms with van der Waals surface area (Å²) < 4.78 is 11.2. The molecule has 0 amide bonds. The van der Waals surface area contributed by atoms with E-state index in [1.54, 1.807) is 7.11 Å². The zero-order valence-electron chi connectivity index (χ0n) is 17.7. The van der Waals surface area contributed by atoms with Crippen LogP contribution in [0.2, 0.25) is 5.02 Å². The number of fused-ring (bicyclic) bond motifs is 2. The normalized spacial score (nSPS) is 24.1. The molecule has 5 heteroatoms. The van der Waals surface area contributed by atoms with E-state index in [1.807, 2.05) is 30.3 Å². The van der Waals surface area contributed by atoms with Crippen LogP contribution in [0.1, 0.15) is 49.3 Å². The predicted octanol–water partition coefficient (Wildman–Crippen LogP) is 5.26. The Morgan fingerprint density at radius 3 is 2.80 bits per heavy atom. The van der Waals surface area contributed by atoms with Gasteiger partial charge in [0.05, 0.1) is 13.7 Å². The molecular formula is C25H30ClNO3. The van der Waals surface area contributed by atoms with Crippen molar-refractivity contribution in [2.24, 2.45) is 11.8 Å². The summed E-state index contributed by atoms with van der Waals surface area (Å²) in [7, 11) is 1.67. The van der Waals surface area contributed by atoms with E-state index >= 15 is 0 Å². The second-order valence-electron chi connectivity index (χ2n) is 8.77. The quantitative estimate of drug-likeness (QED) is 0.654. The van der Waals surface area contributed by atoms with E-state index in [4.69, 9.17) is 21.1 Å². The molecule has 0 bridgehead atoms. The van der Waals surface area contributed by atoms with E-state index in [0.717, 1.165) is 35.7 Å². The van der Waals surface area contributed by atoms with Crippen LogP contribution >= 0.6 is 11.6 Å². The number of methoxy groups -OCH3 is 1. The first-order chi connectivity index (χ1) is 14.5. The number of halogens is 1. The predicted molar refractivity (Wildman–Crippen MR) is 119 cm³/mol. The average Bonchev–Trinajstić information content (AvgIpc) is 3.10. The van der Waals surface area contributed by atoms with E-state index in [0.29, 0.717) is 37.8 Å². The second-order valence-corrected chi connectivity index (χ2v) is 9.21. The van der Waals surface area contributed by atoms with Crippen LogP contribution in [0.5, 0.6) is 5.75 Å². The molecule has 0 saturated heterocycles. The molecule has 3 atom stereocenters. The molecule has 2 aliphatic rings. The van der Waals surface area contributed by atoms with Gasteiger partial charge in [0.1, 0.15) is 11.5 Å². The number of ether oxygens (including phenoxy) is 2. The summed E-state index contributed by atoms with van der Waals surface area (Å²) in [6.07, 6.45) is 3.11. The zero-order valence-corrected chi connectivity index (χ0v) is 18.5. The molecule has 0 aromatic heterocycles. The lowest BCUT2D eigenvalue weighted by Crippen LogP contribution is -2.48. The zero-order chi connectivity index (χ0) is 21.1. The molecule has 2 aromatic rings. The van der Waals surface area contributed by atoms with Crippen molar-refractivity contribution >= 4 is 17.4 Å². The molecule has 1 N–H and O–H groups in total. The highest BCUT2D eigenvalue weighted by molar-refractivity contribution is 6.30. The third kappa shape index (κ3) is 4.41. The summed E-state index contributed by atoms with van der Waals surface area (Å²) in [5.41, 5.74) is 3.62. The van der Waals surface area contributed by atoms with Gasteiger partial charge in [-0.3, -0.25) is 4.79 Å². The van der Waals surface area contributed by atoms with Gasteiger partial charge >= 0.3 is 0 Å². The van der Waals surface area contributed by atoms with Crippen molar-refractivity contribution in [2.45, 2.75) is 51.3 Å². The van der Waals surface area contributed by atoms with E-state index in [1.165, 1.54) is 11.1 Å². The van der Waals surface area contributed by atoms with Crippen LogP contribution in [-0.2, 0) is 28.2 Å². The molecule has 2 aromatic carbocycles. The number of benzene rings is 2. The number of nitrogens with one attached hydrogen (secondary N) is 1. The fourth-order valence-corrected chi connectivity index (χ4v) is 5.30. The fourth-order valence-electron chi connectivity index (χ4n) is 5.11. The second kappa shape index (κ2) is 9.09. The SMILES string of the molecule is COc1ccc(COC[C@H](C)CC2CC(=O)CCC23NCc2cc(Cl)ccc23)cc1. The molecule has 1 aliphatic carbocycles. The Hall–Kier alpha value is -1.88. The number of ketones is 1. The van der Waals surface area contributed by atoms with Crippen LogP contribution in [0.4, 0.5) is 0 Å². The topological polar surface area (TPSA) is 47.6 Å². The van der Waals surface area contributed by atoms with E-state index in [9.17, 15) is 4.79 Å². The van der Waals surface area contributed by atoms with Gasteiger partial charge in [-0.05, 0) is 65.6 Å². The Morgan fingerprint density at radius 2 is 2.03 bits per heavy atom. The highest BCUT2D eigenvalue weighted by Crippen LogP contribution is 2.48. The van der Waals surface area contributed by atoms with Crippen molar-refractivity contribution in [3.8, 4) is 5.75 Å². The number of rotatable bonds is 7. The third-order valence-corrected chi connectivity index (χ3v) is 6.86. The molecule has 1 heterocycles. The summed E-state index contributed by atoms with van der Waals surface area (Å²) in [5.74, 6) is 1.88. The smallest absolute Gasteiger partial charge is 0.133 e. The van der Waals surface area contributed by atoms with Gasteiger partial charge in [-0.25, -0.2) is 0 Å². The van der Waals surface area contributed by atoms with Gasteiger partial charge < -0.3 is 14.8 Å². The number of hydrogen-bond donors (Lipinski definition) is 1. The van der Waals surface area contributed by atoms with Crippen LogP contribution in [0.15, 0.2) is 42.5 Å². The molecule has 1 aliphatic heterocycles. The Kier molecular flexibility index (Phi) is 6.47. The minimum absolute atomic E-state index is 0.113. The van der Waals surface area contributed by atoms with Crippen LogP contribution in [0, 0.1) is 11.8 Å². The standard InChI is InChI=1S/C25H30ClNO3/c1-17(15-30-16-18-3-6-23(29-2)7-4-18)11-20-13-22(28)9-10-25(20)24-8-5-21(26)12-19(24)14-27-25/h3-8,12,17,20,27H,9-11,13-16H2,1-2H3/t17-,20?,25?/m1/s1. The van der Waals surface area contributed by atoms with Crippen molar-refractivity contribution in [1.29, 1.82) is 0 Å². The van der Waals surface area contributed by atoms with Crippen molar-refractivity contribution in [3.63, 3.8) is 0 Å². The molecule has 4 nitrogen and oxygen atoms in total. The van der Waals surface area contributed by atoms with Gasteiger partial charge in [0.25, 0.3) is 0 Å². The summed E-state index contributed by atoms with van der Waals surface area (Å²) in [6.45, 7) is 4.31. The first-order valence-corrected chi connectivity index (χ1v) is 11.1. The van der Waals surface area contributed by atoms with E-state index < -0.39 is 0 Å². The lowest BCUT2D eigenvalue weighted by atomic mass is 9.66. The monoisotopic (exact) mass is 427 g/mol. The van der Waals surface area contributed by atoms with Crippen molar-refractivity contribution in [1.82, 2.24) is 5.32 Å². The van der Waals surface area contributed by atoms with Crippen LogP contribution in [0.3, 0.4) is 0 Å². The number of carbonyl (C=O) groups is 1. The number of hydrogen-bond acceptors (Lipinski definition) is 4. The highest BCUT2D eigenvalue weighted by Gasteiger charge is 2.48. The average molecular weight is 428 g/mol. The Bertz CT molecular complexity index is 898. The maximum Gasteiger partial charge on any atom is 0.133 e. The maximum absolute atomic E-state index is 12.3. The number of carbonyl (C=O) groups excluding carboxylic acids is 1. The van der Waals surface area contributed by atoms with Crippen molar-refractivity contribution < 1.29 is 14.3 Å². The molecule has 160 valence electrons. The molecule has 30 heavy (non-hydrogen) atoms. The summed E-state index contributed by atoms with van der Waals surface area (Å²) >= 11 is 6.21. The molecule has 1 fully saturated rings. The third-order valence-electron chi connectivity index (χ3n) is 6.63. The van der Waals surface area contributed by atoms with Gasteiger partial charge in [-0.15, -0.1) is 0 Å². The lowest BCUT2D eigenvalue weighted by molar-refractivity contribution is -0.124. The molecule has 4 rings (SSSR count). The van der Waals surface area contributed by atoms with Gasteiger partial charge in [-0.2, -0.15) is 0 Å². The summed E-state index contributed by atoms with van der Waals surface area (Å²) in [4.78, 5) is 12.3. The Balaban J connectivity index is 1.39. The van der Waals surface area contributed by atoms with Gasteiger partial charge in [0, 0.05) is 36.6 Å². The van der Waals surface area contributed by atoms with Gasteiger partial charge in [0.2, 0.25) is 0 Å². The minimum Gasteiger partial charge on any atom is -0.497 e. The lowest BCUT2D eigenvalue weighted by Gasteiger charge is -2.43. The summed E-state index contributed by atoms with van der Waals surface area (Å²) in [5, 5.41) is 4.54. The van der Waals surface area contributed by atoms with E-state index in [2.05, 4.69) is 24.4 Å². The largest absolute Gasteiger partial charge is 0.497 e. The molecule has 1 saturated carbocycles. The van der Waals surface area contributed by atoms with Crippen LogP contribution in [-0.4, -0.2) is 19.5 Å². The first-order valence-electron chi connectivity index (χ1n) is 10.8. The van der Waals surface area contributed by atoms with Gasteiger partial charge in [-0.1, -0.05) is 36.7 Å². The van der Waals surface area contributed by atoms with Crippen molar-refractivity contribution in [3.05, 3.63) is 64.2 Å². The number of Topliss-reactive ketones (excluding diaryl/α,β-unsaturated/α-hetero) is 1. The minimum atomic E-state index is -0.113. The maximum atomic E-state index is 12.3. The van der Waals surface area contributed by atoms with E-state index in [-0.39, 0.29) is 11.5 Å². The van der Waals surface area contributed by atoms with Crippen molar-refractivity contribution in [2.75, 3.05) is 13.7 Å². The molecule has 0 radical (unpaired) electrons.